The second kappa shape index (κ2) is 6.00. The molecule has 3 rings (SSSR count). The van der Waals surface area contributed by atoms with Crippen molar-refractivity contribution in [1.82, 2.24) is 9.55 Å². The van der Waals surface area contributed by atoms with E-state index in [9.17, 15) is 0 Å². The number of ether oxygens (including phenoxy) is 1. The molecule has 1 saturated heterocycles. The van der Waals surface area contributed by atoms with Gasteiger partial charge in [0, 0.05) is 50.5 Å². The van der Waals surface area contributed by atoms with Crippen LogP contribution >= 0.6 is 0 Å². The topological polar surface area (TPSA) is 53.1 Å². The molecule has 21 heavy (non-hydrogen) atoms. The first kappa shape index (κ1) is 14.3. The summed E-state index contributed by atoms with van der Waals surface area (Å²) in [5, 5.41) is 0. The molecule has 1 aromatic carbocycles. The number of aryl methyl sites for hydroxylation is 1. The van der Waals surface area contributed by atoms with Gasteiger partial charge in [-0.3, -0.25) is 0 Å². The van der Waals surface area contributed by atoms with Crippen LogP contribution < -0.4 is 5.73 Å². The summed E-state index contributed by atoms with van der Waals surface area (Å²) in [4.78, 5) is 4.43. The highest BCUT2D eigenvalue weighted by Gasteiger charge is 2.40. The zero-order valence-electron chi connectivity index (χ0n) is 12.5. The number of nitrogens with two attached hydrogens (primary N) is 1. The second-order valence-corrected chi connectivity index (χ2v) is 5.90. The van der Waals surface area contributed by atoms with Crippen molar-refractivity contribution in [3.05, 3.63) is 54.1 Å². The van der Waals surface area contributed by atoms with Gasteiger partial charge in [0.25, 0.3) is 0 Å². The number of benzene rings is 1. The van der Waals surface area contributed by atoms with E-state index in [1.54, 1.807) is 0 Å². The van der Waals surface area contributed by atoms with Crippen molar-refractivity contribution >= 4 is 0 Å². The lowest BCUT2D eigenvalue weighted by atomic mass is 9.68. The maximum atomic E-state index is 6.67. The normalized spacial score (nSPS) is 19.3. The Bertz CT molecular complexity index is 573. The zero-order valence-corrected chi connectivity index (χ0v) is 12.5. The predicted octanol–water partition coefficient (Wildman–Crippen LogP) is 2.04. The molecule has 1 aliphatic heterocycles. The maximum absolute atomic E-state index is 6.67. The molecule has 0 amide bonds. The summed E-state index contributed by atoms with van der Waals surface area (Å²) < 4.78 is 7.63. The van der Waals surface area contributed by atoms with Crippen molar-refractivity contribution in [2.24, 2.45) is 12.8 Å². The van der Waals surface area contributed by atoms with Gasteiger partial charge in [-0.15, -0.1) is 0 Å². The van der Waals surface area contributed by atoms with Gasteiger partial charge in [-0.25, -0.2) is 4.98 Å². The number of imidazole rings is 1. The van der Waals surface area contributed by atoms with Crippen LogP contribution in [0, 0.1) is 0 Å². The first-order chi connectivity index (χ1) is 10.2. The van der Waals surface area contributed by atoms with Crippen LogP contribution in [-0.2, 0) is 23.6 Å². The third-order valence-corrected chi connectivity index (χ3v) is 4.77. The highest BCUT2D eigenvalue weighted by atomic mass is 16.5. The Hall–Kier alpha value is -1.65. The molecule has 4 heteroatoms. The van der Waals surface area contributed by atoms with Crippen molar-refractivity contribution in [2.75, 3.05) is 13.2 Å². The minimum absolute atomic E-state index is 0.00847. The van der Waals surface area contributed by atoms with E-state index in [4.69, 9.17) is 10.5 Å². The van der Waals surface area contributed by atoms with Crippen molar-refractivity contribution in [1.29, 1.82) is 0 Å². The molecule has 0 radical (unpaired) electrons. The molecule has 4 nitrogen and oxygen atoms in total. The molecule has 0 saturated carbocycles. The Kier molecular flexibility index (Phi) is 4.08. The standard InChI is InChI=1S/C17H23N3O/c1-20-10-9-19-16(20)13-15(18)17(7-11-21-12-8-17)14-5-3-2-4-6-14/h2-6,9-10,15H,7-8,11-13,18H2,1H3. The molecular formula is C17H23N3O. The fraction of sp³-hybridized carbons (Fsp3) is 0.471. The van der Waals surface area contributed by atoms with Crippen LogP contribution in [0.1, 0.15) is 24.2 Å². The van der Waals surface area contributed by atoms with E-state index in [1.807, 2.05) is 19.4 Å². The fourth-order valence-electron chi connectivity index (χ4n) is 3.36. The summed E-state index contributed by atoms with van der Waals surface area (Å²) in [6.45, 7) is 1.56. The molecule has 1 unspecified atom stereocenters. The minimum Gasteiger partial charge on any atom is -0.381 e. The first-order valence-corrected chi connectivity index (χ1v) is 7.57. The summed E-state index contributed by atoms with van der Waals surface area (Å²) in [6, 6.07) is 10.7. The van der Waals surface area contributed by atoms with E-state index in [0.717, 1.165) is 38.3 Å². The Labute approximate surface area is 125 Å². The highest BCUT2D eigenvalue weighted by Crippen LogP contribution is 2.38. The van der Waals surface area contributed by atoms with Crippen LogP contribution in [0.5, 0.6) is 0 Å². The number of hydrogen-bond donors (Lipinski definition) is 1. The van der Waals surface area contributed by atoms with Gasteiger partial charge in [0.1, 0.15) is 5.82 Å². The van der Waals surface area contributed by atoms with E-state index >= 15 is 0 Å². The lowest BCUT2D eigenvalue weighted by molar-refractivity contribution is 0.0397. The SMILES string of the molecule is Cn1ccnc1CC(N)C1(c2ccccc2)CCOCC1. The average molecular weight is 285 g/mol. The lowest BCUT2D eigenvalue weighted by Gasteiger charge is -2.42. The summed E-state index contributed by atoms with van der Waals surface area (Å²) in [7, 11) is 2.02. The van der Waals surface area contributed by atoms with E-state index in [0.29, 0.717) is 0 Å². The molecule has 0 aliphatic carbocycles. The third kappa shape index (κ3) is 2.74. The Morgan fingerprint density at radius 1 is 1.29 bits per heavy atom. The number of aromatic nitrogens is 2. The molecule has 0 spiro atoms. The lowest BCUT2D eigenvalue weighted by Crippen LogP contribution is -2.50. The highest BCUT2D eigenvalue weighted by molar-refractivity contribution is 5.29. The molecule has 1 atom stereocenters. The molecule has 1 aromatic heterocycles. The van der Waals surface area contributed by atoms with Gasteiger partial charge < -0.3 is 15.0 Å². The average Bonchev–Trinajstić information content (AvgIpc) is 2.94. The Morgan fingerprint density at radius 2 is 2.00 bits per heavy atom. The quantitative estimate of drug-likeness (QED) is 0.935. The smallest absolute Gasteiger partial charge is 0.109 e. The fourth-order valence-corrected chi connectivity index (χ4v) is 3.36. The summed E-state index contributed by atoms with van der Waals surface area (Å²) >= 11 is 0. The predicted molar refractivity (Wildman–Crippen MR) is 83.1 cm³/mol. The van der Waals surface area contributed by atoms with E-state index < -0.39 is 0 Å². The summed E-state index contributed by atoms with van der Waals surface area (Å²) in [6.07, 6.45) is 6.55. The van der Waals surface area contributed by atoms with Gasteiger partial charge in [-0.1, -0.05) is 30.3 Å². The van der Waals surface area contributed by atoms with E-state index in [1.165, 1.54) is 5.56 Å². The first-order valence-electron chi connectivity index (χ1n) is 7.57. The Morgan fingerprint density at radius 3 is 2.62 bits per heavy atom. The van der Waals surface area contributed by atoms with Crippen molar-refractivity contribution in [3.63, 3.8) is 0 Å². The summed E-state index contributed by atoms with van der Waals surface area (Å²) in [5.41, 5.74) is 7.99. The molecule has 2 aromatic rings. The van der Waals surface area contributed by atoms with E-state index in [-0.39, 0.29) is 11.5 Å². The minimum atomic E-state index is -0.00847. The molecule has 1 aliphatic rings. The maximum Gasteiger partial charge on any atom is 0.109 e. The summed E-state index contributed by atoms with van der Waals surface area (Å²) in [5.74, 6) is 1.05. The van der Waals surface area contributed by atoms with Gasteiger partial charge >= 0.3 is 0 Å². The van der Waals surface area contributed by atoms with Crippen LogP contribution in [0.4, 0.5) is 0 Å². The monoisotopic (exact) mass is 285 g/mol. The van der Waals surface area contributed by atoms with Crippen LogP contribution in [0.15, 0.2) is 42.7 Å². The molecule has 2 N–H and O–H groups in total. The van der Waals surface area contributed by atoms with Crippen LogP contribution in [0.3, 0.4) is 0 Å². The largest absolute Gasteiger partial charge is 0.381 e. The number of rotatable bonds is 4. The second-order valence-electron chi connectivity index (χ2n) is 5.90. The molecular weight excluding hydrogens is 262 g/mol. The number of hydrogen-bond acceptors (Lipinski definition) is 3. The van der Waals surface area contributed by atoms with Crippen LogP contribution in [0.2, 0.25) is 0 Å². The van der Waals surface area contributed by atoms with Crippen molar-refractivity contribution in [2.45, 2.75) is 30.7 Å². The molecule has 0 bridgehead atoms. The van der Waals surface area contributed by atoms with Gasteiger partial charge in [0.15, 0.2) is 0 Å². The van der Waals surface area contributed by atoms with E-state index in [2.05, 4.69) is 39.9 Å². The molecule has 1 fully saturated rings. The van der Waals surface area contributed by atoms with Crippen molar-refractivity contribution in [3.8, 4) is 0 Å². The molecule has 112 valence electrons. The third-order valence-electron chi connectivity index (χ3n) is 4.77. The van der Waals surface area contributed by atoms with Gasteiger partial charge in [-0.2, -0.15) is 0 Å². The Balaban J connectivity index is 1.90. The number of nitrogens with zero attached hydrogens (tertiary/aromatic N) is 2. The molecule has 2 heterocycles. The van der Waals surface area contributed by atoms with Crippen molar-refractivity contribution < 1.29 is 4.74 Å². The van der Waals surface area contributed by atoms with Gasteiger partial charge in [0.05, 0.1) is 0 Å². The van der Waals surface area contributed by atoms with Gasteiger partial charge in [-0.05, 0) is 18.4 Å². The van der Waals surface area contributed by atoms with Gasteiger partial charge in [0.2, 0.25) is 0 Å². The van der Waals surface area contributed by atoms with Crippen LogP contribution in [0.25, 0.3) is 0 Å². The van der Waals surface area contributed by atoms with Crippen LogP contribution in [-0.4, -0.2) is 28.8 Å². The zero-order chi connectivity index (χ0) is 14.7.